The molecular weight excluding hydrogens is 268 g/mol. The average Bonchev–Trinajstić information content (AvgIpc) is 2.69. The second-order valence-electron chi connectivity index (χ2n) is 4.77. The van der Waals surface area contributed by atoms with Gasteiger partial charge in [0.2, 0.25) is 5.91 Å². The first-order chi connectivity index (χ1) is 8.56. The predicted molar refractivity (Wildman–Crippen MR) is 72.6 cm³/mol. The van der Waals surface area contributed by atoms with Crippen molar-refractivity contribution in [2.45, 2.75) is 38.5 Å². The molecule has 1 heterocycles. The molecule has 6 nitrogen and oxygen atoms in total. The Kier molecular flexibility index (Phi) is 5.65. The molecule has 7 heteroatoms. The highest BCUT2D eigenvalue weighted by atomic mass is 35.5. The molecule has 0 unspecified atom stereocenters. The van der Waals surface area contributed by atoms with Crippen LogP contribution in [0.4, 0.5) is 0 Å². The van der Waals surface area contributed by atoms with Crippen LogP contribution in [-0.4, -0.2) is 33.1 Å². The standard InChI is InChI=1S/C12H18N4O2.ClH/c1-7-4-15-9(5-14-7)6-16-12(18)8-2-10(13)11(17)3-8;/h4-5,8,10-11,17H,2-3,6,13H2,1H3,(H,16,18);1H/t8-,10+,11+;/m0./s1. The summed E-state index contributed by atoms with van der Waals surface area (Å²) in [6.45, 7) is 2.21. The summed E-state index contributed by atoms with van der Waals surface area (Å²) >= 11 is 0. The summed E-state index contributed by atoms with van der Waals surface area (Å²) < 4.78 is 0. The van der Waals surface area contributed by atoms with E-state index in [0.717, 1.165) is 11.4 Å². The lowest BCUT2D eigenvalue weighted by molar-refractivity contribution is -0.125. The summed E-state index contributed by atoms with van der Waals surface area (Å²) in [7, 11) is 0. The lowest BCUT2D eigenvalue weighted by Gasteiger charge is -2.09. The number of aryl methyl sites for hydroxylation is 1. The van der Waals surface area contributed by atoms with Gasteiger partial charge in [0.1, 0.15) is 0 Å². The normalized spacial score (nSPS) is 25.7. The van der Waals surface area contributed by atoms with Gasteiger partial charge in [0.15, 0.2) is 0 Å². The SMILES string of the molecule is Cc1cnc(CNC(=O)[C@H]2C[C@@H](N)[C@H](O)C2)cn1.Cl. The molecule has 1 aromatic heterocycles. The summed E-state index contributed by atoms with van der Waals surface area (Å²) in [4.78, 5) is 20.1. The zero-order chi connectivity index (χ0) is 13.1. The van der Waals surface area contributed by atoms with Gasteiger partial charge in [-0.25, -0.2) is 0 Å². The van der Waals surface area contributed by atoms with Crippen molar-refractivity contribution < 1.29 is 9.90 Å². The minimum absolute atomic E-state index is 0. The number of hydrogen-bond donors (Lipinski definition) is 3. The number of hydrogen-bond acceptors (Lipinski definition) is 5. The van der Waals surface area contributed by atoms with E-state index in [0.29, 0.717) is 19.4 Å². The molecule has 106 valence electrons. The number of rotatable bonds is 3. The van der Waals surface area contributed by atoms with Crippen LogP contribution < -0.4 is 11.1 Å². The van der Waals surface area contributed by atoms with Crippen molar-refractivity contribution >= 4 is 18.3 Å². The Morgan fingerprint density at radius 2 is 2.21 bits per heavy atom. The van der Waals surface area contributed by atoms with Gasteiger partial charge >= 0.3 is 0 Å². The van der Waals surface area contributed by atoms with Gasteiger partial charge in [0, 0.05) is 18.2 Å². The Hall–Kier alpha value is -1.24. The number of aliphatic hydroxyl groups excluding tert-OH is 1. The summed E-state index contributed by atoms with van der Waals surface area (Å²) in [5.74, 6) is -0.280. The van der Waals surface area contributed by atoms with E-state index in [-0.39, 0.29) is 30.3 Å². The van der Waals surface area contributed by atoms with Gasteiger partial charge < -0.3 is 16.2 Å². The molecule has 1 aromatic rings. The van der Waals surface area contributed by atoms with Gasteiger partial charge in [-0.3, -0.25) is 14.8 Å². The van der Waals surface area contributed by atoms with Gasteiger partial charge in [-0.05, 0) is 19.8 Å². The zero-order valence-corrected chi connectivity index (χ0v) is 11.6. The number of aliphatic hydroxyl groups is 1. The maximum absolute atomic E-state index is 11.9. The van der Waals surface area contributed by atoms with E-state index in [1.807, 2.05) is 6.92 Å². The first kappa shape index (κ1) is 15.8. The van der Waals surface area contributed by atoms with Crippen molar-refractivity contribution in [3.05, 3.63) is 23.8 Å². The minimum Gasteiger partial charge on any atom is -0.391 e. The maximum Gasteiger partial charge on any atom is 0.223 e. The Morgan fingerprint density at radius 3 is 2.74 bits per heavy atom. The van der Waals surface area contributed by atoms with Crippen LogP contribution in [0.3, 0.4) is 0 Å². The maximum atomic E-state index is 11.9. The third-order valence-electron chi connectivity index (χ3n) is 3.23. The number of nitrogens with one attached hydrogen (secondary N) is 1. The van der Waals surface area contributed by atoms with Crippen LogP contribution in [0.25, 0.3) is 0 Å². The van der Waals surface area contributed by atoms with Crippen LogP contribution in [0, 0.1) is 12.8 Å². The highest BCUT2D eigenvalue weighted by molar-refractivity contribution is 5.85. The lowest BCUT2D eigenvalue weighted by Crippen LogP contribution is -2.30. The van der Waals surface area contributed by atoms with E-state index in [1.54, 1.807) is 12.4 Å². The van der Waals surface area contributed by atoms with Crippen LogP contribution in [0.2, 0.25) is 0 Å². The minimum atomic E-state index is -0.570. The largest absolute Gasteiger partial charge is 0.391 e. The summed E-state index contributed by atoms with van der Waals surface area (Å²) in [5.41, 5.74) is 7.24. The van der Waals surface area contributed by atoms with Crippen LogP contribution >= 0.6 is 12.4 Å². The third-order valence-corrected chi connectivity index (χ3v) is 3.23. The number of nitrogens with two attached hydrogens (primary N) is 1. The monoisotopic (exact) mass is 286 g/mol. The van der Waals surface area contributed by atoms with E-state index in [1.165, 1.54) is 0 Å². The molecule has 19 heavy (non-hydrogen) atoms. The van der Waals surface area contributed by atoms with Crippen molar-refractivity contribution in [1.82, 2.24) is 15.3 Å². The van der Waals surface area contributed by atoms with E-state index in [9.17, 15) is 9.90 Å². The Bertz CT molecular complexity index is 416. The molecule has 0 saturated heterocycles. The van der Waals surface area contributed by atoms with E-state index >= 15 is 0 Å². The molecule has 2 rings (SSSR count). The van der Waals surface area contributed by atoms with Crippen molar-refractivity contribution in [3.63, 3.8) is 0 Å². The zero-order valence-electron chi connectivity index (χ0n) is 10.7. The summed E-state index contributed by atoms with van der Waals surface area (Å²) in [6.07, 6.45) is 3.71. The van der Waals surface area contributed by atoms with Gasteiger partial charge in [-0.15, -0.1) is 12.4 Å². The van der Waals surface area contributed by atoms with Crippen LogP contribution in [0.5, 0.6) is 0 Å². The third kappa shape index (κ3) is 4.12. The van der Waals surface area contributed by atoms with Crippen molar-refractivity contribution in [3.8, 4) is 0 Å². The Labute approximate surface area is 118 Å². The molecule has 1 saturated carbocycles. The highest BCUT2D eigenvalue weighted by Gasteiger charge is 2.34. The number of carbonyl (C=O) groups is 1. The smallest absolute Gasteiger partial charge is 0.223 e. The molecule has 0 bridgehead atoms. The fourth-order valence-corrected chi connectivity index (χ4v) is 2.09. The van der Waals surface area contributed by atoms with Gasteiger partial charge in [-0.1, -0.05) is 0 Å². The fourth-order valence-electron chi connectivity index (χ4n) is 2.09. The molecule has 1 aliphatic carbocycles. The molecular formula is C12H19ClN4O2. The molecule has 1 amide bonds. The molecule has 4 N–H and O–H groups in total. The van der Waals surface area contributed by atoms with E-state index in [4.69, 9.17) is 5.73 Å². The quantitative estimate of drug-likeness (QED) is 0.721. The van der Waals surface area contributed by atoms with Crippen molar-refractivity contribution in [1.29, 1.82) is 0 Å². The molecule has 0 radical (unpaired) electrons. The molecule has 0 spiro atoms. The Morgan fingerprint density at radius 1 is 1.47 bits per heavy atom. The van der Waals surface area contributed by atoms with E-state index in [2.05, 4.69) is 15.3 Å². The summed E-state index contributed by atoms with van der Waals surface area (Å²) in [5, 5.41) is 12.3. The van der Waals surface area contributed by atoms with Crippen LogP contribution in [-0.2, 0) is 11.3 Å². The number of aromatic nitrogens is 2. The second-order valence-corrected chi connectivity index (χ2v) is 4.77. The average molecular weight is 287 g/mol. The number of carbonyl (C=O) groups excluding carboxylic acids is 1. The Balaban J connectivity index is 0.00000180. The van der Waals surface area contributed by atoms with Crippen molar-refractivity contribution in [2.75, 3.05) is 0 Å². The number of amides is 1. The number of nitrogens with zero attached hydrogens (tertiary/aromatic N) is 2. The van der Waals surface area contributed by atoms with Gasteiger partial charge in [-0.2, -0.15) is 0 Å². The fraction of sp³-hybridized carbons (Fsp3) is 0.583. The highest BCUT2D eigenvalue weighted by Crippen LogP contribution is 2.24. The molecule has 0 aliphatic heterocycles. The first-order valence-corrected chi connectivity index (χ1v) is 6.05. The second kappa shape index (κ2) is 6.79. The van der Waals surface area contributed by atoms with Gasteiger partial charge in [0.25, 0.3) is 0 Å². The molecule has 3 atom stereocenters. The molecule has 1 fully saturated rings. The lowest BCUT2D eigenvalue weighted by atomic mass is 10.1. The topological polar surface area (TPSA) is 101 Å². The van der Waals surface area contributed by atoms with Crippen LogP contribution in [0.1, 0.15) is 24.2 Å². The predicted octanol–water partition coefficient (Wildman–Crippen LogP) is -0.0788. The first-order valence-electron chi connectivity index (χ1n) is 6.05. The molecule has 0 aromatic carbocycles. The van der Waals surface area contributed by atoms with Crippen LogP contribution in [0.15, 0.2) is 12.4 Å². The summed E-state index contributed by atoms with van der Waals surface area (Å²) in [6, 6.07) is -0.292. The van der Waals surface area contributed by atoms with Gasteiger partial charge in [0.05, 0.1) is 30.2 Å². The molecule has 1 aliphatic rings. The van der Waals surface area contributed by atoms with Crippen molar-refractivity contribution in [2.24, 2.45) is 11.7 Å². The van der Waals surface area contributed by atoms with E-state index < -0.39 is 6.10 Å². The number of halogens is 1.